The van der Waals surface area contributed by atoms with Gasteiger partial charge in [-0.15, -0.1) is 0 Å². The van der Waals surface area contributed by atoms with E-state index in [1.165, 1.54) is 11.3 Å². The van der Waals surface area contributed by atoms with E-state index in [4.69, 9.17) is 4.74 Å². The Bertz CT molecular complexity index is 626. The Morgan fingerprint density at radius 2 is 1.76 bits per heavy atom. The topological polar surface area (TPSA) is 41.6 Å². The molecule has 0 aliphatic heterocycles. The van der Waals surface area contributed by atoms with Crippen LogP contribution in [-0.2, 0) is 4.79 Å². The monoisotopic (exact) mass is 340 g/mol. The van der Waals surface area contributed by atoms with Crippen molar-refractivity contribution in [3.63, 3.8) is 0 Å². The van der Waals surface area contributed by atoms with Crippen LogP contribution in [0.2, 0.25) is 0 Å². The van der Waals surface area contributed by atoms with Crippen LogP contribution in [0.5, 0.6) is 5.75 Å². The molecule has 0 aromatic heterocycles. The summed E-state index contributed by atoms with van der Waals surface area (Å²) in [5.41, 5.74) is 2.41. The van der Waals surface area contributed by atoms with Crippen LogP contribution in [0.1, 0.15) is 24.8 Å². The molecule has 0 aliphatic carbocycles. The molecule has 0 heterocycles. The molecule has 0 saturated heterocycles. The van der Waals surface area contributed by atoms with Gasteiger partial charge in [0.1, 0.15) is 5.75 Å². The molecule has 0 spiro atoms. The van der Waals surface area contributed by atoms with E-state index in [9.17, 15) is 4.79 Å². The predicted molar refractivity (Wildman–Crippen MR) is 103 cm³/mol. The maximum atomic E-state index is 11.8. The lowest BCUT2D eigenvalue weighted by atomic mass is 10.2. The average Bonchev–Trinajstić information content (AvgIpc) is 2.64. The second-order valence-electron chi connectivity index (χ2n) is 6.23. The van der Waals surface area contributed by atoms with Crippen molar-refractivity contribution >= 4 is 11.6 Å². The summed E-state index contributed by atoms with van der Waals surface area (Å²) in [6, 6.07) is 18.2. The van der Waals surface area contributed by atoms with Gasteiger partial charge in [-0.2, -0.15) is 0 Å². The molecule has 2 rings (SSSR count). The van der Waals surface area contributed by atoms with Crippen molar-refractivity contribution in [2.24, 2.45) is 0 Å². The van der Waals surface area contributed by atoms with E-state index < -0.39 is 0 Å². The third kappa shape index (κ3) is 7.29. The predicted octanol–water partition coefficient (Wildman–Crippen LogP) is 3.80. The first-order valence-corrected chi connectivity index (χ1v) is 8.87. The standard InChI is InChI=1S/C21H28N2O2/c1-18-11-13-20(14-12-18)25-17-6-10-21(24)22-15-7-16-23(2)19-8-4-3-5-9-19/h3-5,8-9,11-14H,6-7,10,15-17H2,1-2H3,(H,22,24). The molecule has 0 fully saturated rings. The first-order valence-electron chi connectivity index (χ1n) is 8.87. The Morgan fingerprint density at radius 3 is 2.48 bits per heavy atom. The lowest BCUT2D eigenvalue weighted by Crippen LogP contribution is -2.28. The maximum Gasteiger partial charge on any atom is 0.220 e. The number of nitrogens with one attached hydrogen (secondary N) is 1. The summed E-state index contributed by atoms with van der Waals surface area (Å²) in [5, 5.41) is 2.97. The van der Waals surface area contributed by atoms with Crippen molar-refractivity contribution in [1.29, 1.82) is 0 Å². The summed E-state index contributed by atoms with van der Waals surface area (Å²) >= 11 is 0. The number of para-hydroxylation sites is 1. The van der Waals surface area contributed by atoms with Gasteiger partial charge >= 0.3 is 0 Å². The number of hydrogen-bond acceptors (Lipinski definition) is 3. The van der Waals surface area contributed by atoms with E-state index >= 15 is 0 Å². The quantitative estimate of drug-likeness (QED) is 0.669. The van der Waals surface area contributed by atoms with Gasteiger partial charge in [0, 0.05) is 32.2 Å². The van der Waals surface area contributed by atoms with Gasteiger partial charge in [0.15, 0.2) is 0 Å². The molecule has 25 heavy (non-hydrogen) atoms. The number of rotatable bonds is 10. The number of carbonyl (C=O) groups is 1. The summed E-state index contributed by atoms with van der Waals surface area (Å²) in [7, 11) is 2.07. The van der Waals surface area contributed by atoms with Crippen LogP contribution in [0.25, 0.3) is 0 Å². The number of carbonyl (C=O) groups excluding carboxylic acids is 1. The molecule has 0 unspecified atom stereocenters. The smallest absolute Gasteiger partial charge is 0.220 e. The fraction of sp³-hybridized carbons (Fsp3) is 0.381. The van der Waals surface area contributed by atoms with Crippen LogP contribution in [-0.4, -0.2) is 32.7 Å². The average molecular weight is 340 g/mol. The summed E-state index contributed by atoms with van der Waals surface area (Å²) in [6.45, 7) is 4.23. The number of nitrogens with zero attached hydrogens (tertiary/aromatic N) is 1. The second kappa shape index (κ2) is 10.4. The Balaban J connectivity index is 1.51. The van der Waals surface area contributed by atoms with Gasteiger partial charge in [-0.05, 0) is 44.0 Å². The van der Waals surface area contributed by atoms with Crippen LogP contribution in [0.4, 0.5) is 5.69 Å². The van der Waals surface area contributed by atoms with E-state index in [0.29, 0.717) is 19.6 Å². The molecule has 0 bridgehead atoms. The van der Waals surface area contributed by atoms with Crippen molar-refractivity contribution < 1.29 is 9.53 Å². The van der Waals surface area contributed by atoms with E-state index in [1.54, 1.807) is 0 Å². The molecule has 1 amide bonds. The SMILES string of the molecule is Cc1ccc(OCCCC(=O)NCCCN(C)c2ccccc2)cc1. The van der Waals surface area contributed by atoms with E-state index in [-0.39, 0.29) is 5.91 Å². The van der Waals surface area contributed by atoms with Crippen LogP contribution in [0.3, 0.4) is 0 Å². The van der Waals surface area contributed by atoms with Gasteiger partial charge in [0.2, 0.25) is 5.91 Å². The summed E-state index contributed by atoms with van der Waals surface area (Å²) < 4.78 is 5.63. The lowest BCUT2D eigenvalue weighted by Gasteiger charge is -2.19. The van der Waals surface area contributed by atoms with Crippen molar-refractivity contribution in [2.45, 2.75) is 26.2 Å². The molecule has 0 radical (unpaired) electrons. The fourth-order valence-electron chi connectivity index (χ4n) is 2.50. The Morgan fingerprint density at radius 1 is 1.04 bits per heavy atom. The van der Waals surface area contributed by atoms with E-state index in [0.717, 1.165) is 25.1 Å². The zero-order valence-electron chi connectivity index (χ0n) is 15.2. The normalized spacial score (nSPS) is 10.3. The van der Waals surface area contributed by atoms with Gasteiger partial charge in [-0.1, -0.05) is 35.9 Å². The van der Waals surface area contributed by atoms with Crippen molar-refractivity contribution in [2.75, 3.05) is 31.6 Å². The van der Waals surface area contributed by atoms with Crippen molar-refractivity contribution in [3.8, 4) is 5.75 Å². The van der Waals surface area contributed by atoms with Gasteiger partial charge in [-0.25, -0.2) is 0 Å². The minimum atomic E-state index is 0.0925. The van der Waals surface area contributed by atoms with E-state index in [1.807, 2.05) is 49.4 Å². The minimum Gasteiger partial charge on any atom is -0.494 e. The zero-order valence-corrected chi connectivity index (χ0v) is 15.2. The number of hydrogen-bond donors (Lipinski definition) is 1. The molecule has 4 heteroatoms. The van der Waals surface area contributed by atoms with Gasteiger partial charge in [0.05, 0.1) is 6.61 Å². The highest BCUT2D eigenvalue weighted by Gasteiger charge is 2.03. The molecular weight excluding hydrogens is 312 g/mol. The second-order valence-corrected chi connectivity index (χ2v) is 6.23. The molecule has 4 nitrogen and oxygen atoms in total. The lowest BCUT2D eigenvalue weighted by molar-refractivity contribution is -0.121. The minimum absolute atomic E-state index is 0.0925. The highest BCUT2D eigenvalue weighted by atomic mass is 16.5. The Hall–Kier alpha value is -2.49. The highest BCUT2D eigenvalue weighted by molar-refractivity contribution is 5.75. The van der Waals surface area contributed by atoms with Crippen molar-refractivity contribution in [1.82, 2.24) is 5.32 Å². The van der Waals surface area contributed by atoms with Crippen LogP contribution >= 0.6 is 0 Å². The summed E-state index contributed by atoms with van der Waals surface area (Å²) in [6.07, 6.45) is 2.15. The highest BCUT2D eigenvalue weighted by Crippen LogP contribution is 2.12. The third-order valence-electron chi connectivity index (χ3n) is 4.03. The summed E-state index contributed by atoms with van der Waals surface area (Å²) in [5.74, 6) is 0.949. The maximum absolute atomic E-state index is 11.8. The number of benzene rings is 2. The van der Waals surface area contributed by atoms with Gasteiger partial charge in [0.25, 0.3) is 0 Å². The van der Waals surface area contributed by atoms with Gasteiger partial charge in [-0.3, -0.25) is 4.79 Å². The number of anilines is 1. The molecule has 134 valence electrons. The van der Waals surface area contributed by atoms with Crippen LogP contribution in [0, 0.1) is 6.92 Å². The molecule has 1 N–H and O–H groups in total. The van der Waals surface area contributed by atoms with Crippen LogP contribution in [0.15, 0.2) is 54.6 Å². The molecule has 0 saturated carbocycles. The largest absolute Gasteiger partial charge is 0.494 e. The van der Waals surface area contributed by atoms with Crippen LogP contribution < -0.4 is 15.0 Å². The third-order valence-corrected chi connectivity index (χ3v) is 4.03. The molecule has 0 aliphatic rings. The first-order chi connectivity index (χ1) is 12.1. The molecule has 0 atom stereocenters. The molecular formula is C21H28N2O2. The Labute approximate surface area is 150 Å². The number of aryl methyl sites for hydroxylation is 1. The summed E-state index contributed by atoms with van der Waals surface area (Å²) in [4.78, 5) is 14.0. The van der Waals surface area contributed by atoms with Crippen molar-refractivity contribution in [3.05, 3.63) is 60.2 Å². The first kappa shape index (κ1) is 18.8. The number of ether oxygens (including phenoxy) is 1. The fourth-order valence-corrected chi connectivity index (χ4v) is 2.50. The molecule has 2 aromatic carbocycles. The number of amides is 1. The zero-order chi connectivity index (χ0) is 17.9. The molecule has 2 aromatic rings. The van der Waals surface area contributed by atoms with Gasteiger partial charge < -0.3 is 15.0 Å². The Kier molecular flexibility index (Phi) is 7.83. The van der Waals surface area contributed by atoms with E-state index in [2.05, 4.69) is 29.4 Å².